The van der Waals surface area contributed by atoms with Gasteiger partial charge in [-0.1, -0.05) is 17.7 Å². The number of aromatic nitrogens is 1. The van der Waals surface area contributed by atoms with Crippen molar-refractivity contribution in [1.29, 1.82) is 0 Å². The number of halogens is 2. The summed E-state index contributed by atoms with van der Waals surface area (Å²) in [6.45, 7) is 1.17. The zero-order chi connectivity index (χ0) is 21.4. The summed E-state index contributed by atoms with van der Waals surface area (Å²) in [4.78, 5) is 3.00. The fourth-order valence-electron chi connectivity index (χ4n) is 3.14. The molecule has 2 heterocycles. The van der Waals surface area contributed by atoms with Crippen LogP contribution in [0, 0.1) is 6.92 Å². The molecule has 0 aliphatic carbocycles. The van der Waals surface area contributed by atoms with Gasteiger partial charge in [0.2, 0.25) is 19.9 Å². The molecule has 0 atom stereocenters. The molecule has 1 aliphatic heterocycles. The van der Waals surface area contributed by atoms with Gasteiger partial charge in [0.25, 0.3) is 0 Å². The molecule has 1 aliphatic rings. The maximum absolute atomic E-state index is 14.4. The van der Waals surface area contributed by atoms with Crippen LogP contribution in [0.25, 0.3) is 0 Å². The normalized spacial score (nSPS) is 17.9. The molecule has 1 aromatic heterocycles. The fourth-order valence-corrected chi connectivity index (χ4v) is 6.87. The summed E-state index contributed by atoms with van der Waals surface area (Å²) in [5, 5.41) is -0.162. The number of piperidine rings is 1. The van der Waals surface area contributed by atoms with Gasteiger partial charge in [-0.3, -0.25) is 0 Å². The van der Waals surface area contributed by atoms with Gasteiger partial charge in [-0.15, -0.1) is 0 Å². The molecule has 0 saturated carbocycles. The third-order valence-corrected chi connectivity index (χ3v) is 9.21. The highest BCUT2D eigenvalue weighted by atomic mass is 35.5. The van der Waals surface area contributed by atoms with Gasteiger partial charge in [0, 0.05) is 30.9 Å². The molecule has 158 valence electrons. The average Bonchev–Trinajstić information content (AvgIpc) is 2.70. The van der Waals surface area contributed by atoms with E-state index in [1.165, 1.54) is 24.4 Å². The molecular formula is C18H21ClFN3O4S2. The van der Waals surface area contributed by atoms with Crippen molar-refractivity contribution >= 4 is 31.5 Å². The Morgan fingerprint density at radius 1 is 1.17 bits per heavy atom. The van der Waals surface area contributed by atoms with Gasteiger partial charge < -0.3 is 5.73 Å². The Labute approximate surface area is 174 Å². The van der Waals surface area contributed by atoms with Crippen molar-refractivity contribution in [3.8, 4) is 0 Å². The Morgan fingerprint density at radius 3 is 2.38 bits per heavy atom. The van der Waals surface area contributed by atoms with Crippen molar-refractivity contribution in [3.63, 3.8) is 0 Å². The molecular weight excluding hydrogens is 441 g/mol. The van der Waals surface area contributed by atoms with Gasteiger partial charge in [0.15, 0.2) is 5.03 Å². The Hall–Kier alpha value is -1.59. The van der Waals surface area contributed by atoms with Gasteiger partial charge in [-0.2, -0.15) is 4.31 Å². The van der Waals surface area contributed by atoms with Crippen LogP contribution >= 0.6 is 11.6 Å². The second-order valence-corrected chi connectivity index (χ2v) is 11.2. The molecule has 0 radical (unpaired) electrons. The number of hydrogen-bond acceptors (Lipinski definition) is 6. The first kappa shape index (κ1) is 22.1. The number of benzene rings is 1. The second-order valence-electron chi connectivity index (χ2n) is 6.98. The van der Waals surface area contributed by atoms with Gasteiger partial charge in [0.1, 0.15) is 10.6 Å². The summed E-state index contributed by atoms with van der Waals surface area (Å²) in [6.07, 6.45) is 1.18. The molecule has 11 heteroatoms. The van der Waals surface area contributed by atoms with Crippen LogP contribution in [-0.4, -0.2) is 51.4 Å². The summed E-state index contributed by atoms with van der Waals surface area (Å²) >= 11 is 6.12. The summed E-state index contributed by atoms with van der Waals surface area (Å²) in [5.41, 5.74) is 4.22. The molecule has 0 spiro atoms. The first-order valence-corrected chi connectivity index (χ1v) is 12.2. The van der Waals surface area contributed by atoms with Crippen LogP contribution in [-0.2, 0) is 19.9 Å². The van der Waals surface area contributed by atoms with Crippen molar-refractivity contribution in [2.24, 2.45) is 5.73 Å². The third-order valence-electron chi connectivity index (χ3n) is 5.03. The van der Waals surface area contributed by atoms with Gasteiger partial charge in [0.05, 0.1) is 4.90 Å². The predicted octanol–water partition coefficient (Wildman–Crippen LogP) is 2.33. The zero-order valence-electron chi connectivity index (χ0n) is 15.7. The molecule has 1 saturated heterocycles. The van der Waals surface area contributed by atoms with Crippen molar-refractivity contribution < 1.29 is 21.2 Å². The van der Waals surface area contributed by atoms with E-state index in [-0.39, 0.29) is 42.5 Å². The Balaban J connectivity index is 2.12. The van der Waals surface area contributed by atoms with Crippen molar-refractivity contribution in [2.45, 2.75) is 40.3 Å². The summed E-state index contributed by atoms with van der Waals surface area (Å²) in [5.74, 6) is 0. The number of alkyl halides is 1. The quantitative estimate of drug-likeness (QED) is 0.731. The van der Waals surface area contributed by atoms with E-state index < -0.39 is 35.3 Å². The monoisotopic (exact) mass is 461 g/mol. The van der Waals surface area contributed by atoms with E-state index in [2.05, 4.69) is 4.98 Å². The average molecular weight is 462 g/mol. The lowest BCUT2D eigenvalue weighted by Crippen LogP contribution is -2.47. The highest BCUT2D eigenvalue weighted by Gasteiger charge is 2.40. The molecule has 3 rings (SSSR count). The fraction of sp³-hybridized carbons (Fsp3) is 0.389. The van der Waals surface area contributed by atoms with Crippen LogP contribution in [0.1, 0.15) is 18.4 Å². The number of rotatable bonds is 5. The molecule has 1 fully saturated rings. The molecule has 2 aromatic rings. The van der Waals surface area contributed by atoms with E-state index in [9.17, 15) is 21.2 Å². The van der Waals surface area contributed by atoms with Crippen LogP contribution in [0.3, 0.4) is 0 Å². The largest absolute Gasteiger partial charge is 0.328 e. The van der Waals surface area contributed by atoms with Crippen molar-refractivity contribution in [1.82, 2.24) is 9.29 Å². The molecule has 1 aromatic carbocycles. The molecule has 0 amide bonds. The highest BCUT2D eigenvalue weighted by Crippen LogP contribution is 2.35. The standard InChI is InChI=1S/C18H21ClFN3O4S2/c1-13-10-15(28(24,25)17-4-2-3-7-22-17)16(11-14(13)19)29(26,27)23-8-5-18(20,12-21)6-9-23/h2-4,7,10-11H,5-6,8-9,12,21H2,1H3. The maximum Gasteiger partial charge on any atom is 0.244 e. The van der Waals surface area contributed by atoms with E-state index in [1.807, 2.05) is 0 Å². The van der Waals surface area contributed by atoms with Gasteiger partial charge in [-0.05, 0) is 49.6 Å². The number of aryl methyl sites for hydroxylation is 1. The lowest BCUT2D eigenvalue weighted by atomic mass is 9.95. The van der Waals surface area contributed by atoms with Crippen molar-refractivity contribution in [3.05, 3.63) is 47.1 Å². The Kier molecular flexibility index (Phi) is 6.03. The van der Waals surface area contributed by atoms with Crippen molar-refractivity contribution in [2.75, 3.05) is 19.6 Å². The van der Waals surface area contributed by atoms with E-state index in [0.29, 0.717) is 5.56 Å². The molecule has 2 N–H and O–H groups in total. The third kappa shape index (κ3) is 4.17. The lowest BCUT2D eigenvalue weighted by molar-refractivity contribution is 0.0972. The summed E-state index contributed by atoms with van der Waals surface area (Å²) < 4.78 is 68.3. The zero-order valence-corrected chi connectivity index (χ0v) is 18.1. The molecule has 7 nitrogen and oxygen atoms in total. The minimum absolute atomic E-state index is 0.0648. The number of hydrogen-bond donors (Lipinski definition) is 1. The maximum atomic E-state index is 14.4. The Morgan fingerprint density at radius 2 is 1.83 bits per heavy atom. The minimum Gasteiger partial charge on any atom is -0.328 e. The second kappa shape index (κ2) is 7.92. The Bertz CT molecular complexity index is 1120. The number of nitrogens with two attached hydrogens (primary N) is 1. The smallest absolute Gasteiger partial charge is 0.244 e. The SMILES string of the molecule is Cc1cc(S(=O)(=O)c2ccccn2)c(S(=O)(=O)N2CCC(F)(CN)CC2)cc1Cl. The minimum atomic E-state index is -4.25. The first-order valence-electron chi connectivity index (χ1n) is 8.87. The number of nitrogens with zero attached hydrogens (tertiary/aromatic N) is 2. The number of sulfone groups is 1. The van der Waals surface area contributed by atoms with Gasteiger partial charge in [-0.25, -0.2) is 26.2 Å². The number of pyridine rings is 1. The van der Waals surface area contributed by atoms with Crippen LogP contribution in [0.15, 0.2) is 51.3 Å². The van der Waals surface area contributed by atoms with Crippen LogP contribution in [0.2, 0.25) is 5.02 Å². The molecule has 0 bridgehead atoms. The van der Waals surface area contributed by atoms with E-state index in [1.54, 1.807) is 13.0 Å². The van der Waals surface area contributed by atoms with E-state index in [4.69, 9.17) is 17.3 Å². The topological polar surface area (TPSA) is 110 Å². The molecule has 29 heavy (non-hydrogen) atoms. The summed E-state index contributed by atoms with van der Waals surface area (Å²) in [7, 11) is -8.47. The van der Waals surface area contributed by atoms with E-state index >= 15 is 0 Å². The van der Waals surface area contributed by atoms with E-state index in [0.717, 1.165) is 10.4 Å². The summed E-state index contributed by atoms with van der Waals surface area (Å²) in [6, 6.07) is 6.69. The first-order chi connectivity index (χ1) is 13.5. The highest BCUT2D eigenvalue weighted by molar-refractivity contribution is 7.93. The molecule has 0 unspecified atom stereocenters. The number of sulfonamides is 1. The van der Waals surface area contributed by atoms with Gasteiger partial charge >= 0.3 is 0 Å². The van der Waals surface area contributed by atoms with Crippen LogP contribution in [0.4, 0.5) is 4.39 Å². The van der Waals surface area contributed by atoms with Crippen LogP contribution in [0.5, 0.6) is 0 Å². The predicted molar refractivity (Wildman–Crippen MR) is 107 cm³/mol. The lowest BCUT2D eigenvalue weighted by Gasteiger charge is -2.35. The van der Waals surface area contributed by atoms with Crippen LogP contribution < -0.4 is 5.73 Å².